The molecular weight excluding hydrogens is 292 g/mol. The van der Waals surface area contributed by atoms with Crippen molar-refractivity contribution in [1.82, 2.24) is 9.97 Å². The third-order valence-electron chi connectivity index (χ3n) is 3.94. The Bertz CT molecular complexity index is 771. The van der Waals surface area contributed by atoms with Crippen LogP contribution in [0.1, 0.15) is 36.1 Å². The van der Waals surface area contributed by atoms with Crippen LogP contribution in [0.3, 0.4) is 0 Å². The molecule has 2 heterocycles. The number of aromatic nitrogens is 2. The molecule has 0 amide bonds. The van der Waals surface area contributed by atoms with E-state index in [-0.39, 0.29) is 0 Å². The summed E-state index contributed by atoms with van der Waals surface area (Å²) < 4.78 is 0. The summed E-state index contributed by atoms with van der Waals surface area (Å²) in [4.78, 5) is 8.34. The van der Waals surface area contributed by atoms with Crippen molar-refractivity contribution in [3.63, 3.8) is 0 Å². The van der Waals surface area contributed by atoms with Gasteiger partial charge in [0.1, 0.15) is 0 Å². The lowest BCUT2D eigenvalue weighted by atomic mass is 10.0. The van der Waals surface area contributed by atoms with E-state index >= 15 is 0 Å². The molecule has 2 nitrogen and oxygen atoms in total. The first kappa shape index (κ1) is 15.9. The first-order valence-corrected chi connectivity index (χ1v) is 8.00. The number of benzene rings is 1. The Balaban J connectivity index is 1.79. The molecule has 3 aromatic rings. The minimum absolute atomic E-state index is 1.15. The summed E-state index contributed by atoms with van der Waals surface area (Å²) in [5.74, 6) is 0. The molecule has 0 aliphatic rings. The van der Waals surface area contributed by atoms with Gasteiger partial charge in [-0.05, 0) is 59.4 Å². The van der Waals surface area contributed by atoms with Crippen molar-refractivity contribution in [3.05, 3.63) is 95.6 Å². The van der Waals surface area contributed by atoms with Crippen LogP contribution in [0.15, 0.2) is 73.3 Å². The average Bonchev–Trinajstić information content (AvgIpc) is 2.65. The van der Waals surface area contributed by atoms with Crippen LogP contribution in [0.4, 0.5) is 0 Å². The van der Waals surface area contributed by atoms with E-state index in [0.717, 1.165) is 11.1 Å². The first-order chi connectivity index (χ1) is 11.7. The van der Waals surface area contributed by atoms with Crippen molar-refractivity contribution in [2.24, 2.45) is 0 Å². The molecule has 0 aliphatic carbocycles. The van der Waals surface area contributed by atoms with Gasteiger partial charge in [-0.2, -0.15) is 0 Å². The van der Waals surface area contributed by atoms with Gasteiger partial charge in [-0.1, -0.05) is 48.6 Å². The van der Waals surface area contributed by atoms with Gasteiger partial charge < -0.3 is 0 Å². The van der Waals surface area contributed by atoms with Gasteiger partial charge in [0.15, 0.2) is 0 Å². The molecule has 3 rings (SSSR count). The van der Waals surface area contributed by atoms with Crippen LogP contribution in [-0.2, 0) is 0 Å². The van der Waals surface area contributed by atoms with E-state index in [4.69, 9.17) is 0 Å². The van der Waals surface area contributed by atoms with E-state index in [2.05, 4.69) is 72.4 Å². The molecule has 0 spiro atoms. The Morgan fingerprint density at radius 2 is 1.08 bits per heavy atom. The number of hydrogen-bond donors (Lipinski definition) is 0. The molecule has 2 heteroatoms. The van der Waals surface area contributed by atoms with Crippen LogP contribution in [-0.4, -0.2) is 9.97 Å². The van der Waals surface area contributed by atoms with Crippen molar-refractivity contribution in [1.29, 1.82) is 0 Å². The van der Waals surface area contributed by atoms with Gasteiger partial charge in [0.25, 0.3) is 0 Å². The molecule has 118 valence electrons. The number of hydrogen-bond acceptors (Lipinski definition) is 2. The molecule has 1 aromatic carbocycles. The maximum atomic E-state index is 4.17. The zero-order valence-electron chi connectivity index (χ0n) is 14.0. The van der Waals surface area contributed by atoms with E-state index in [1.165, 1.54) is 22.3 Å². The van der Waals surface area contributed by atoms with Gasteiger partial charge in [-0.15, -0.1) is 0 Å². The quantitative estimate of drug-likeness (QED) is 0.627. The van der Waals surface area contributed by atoms with Gasteiger partial charge >= 0.3 is 0 Å². The Morgan fingerprint density at radius 3 is 1.42 bits per heavy atom. The smallest absolute Gasteiger partial charge is 0.0342 e. The van der Waals surface area contributed by atoms with Gasteiger partial charge in [0.2, 0.25) is 0 Å². The fraction of sp³-hybridized carbons (Fsp3) is 0.0909. The number of rotatable bonds is 4. The second-order valence-electron chi connectivity index (χ2n) is 5.80. The van der Waals surface area contributed by atoms with Crippen LogP contribution >= 0.6 is 0 Å². The van der Waals surface area contributed by atoms with E-state index in [1.54, 1.807) is 12.4 Å². The fourth-order valence-corrected chi connectivity index (χ4v) is 2.55. The summed E-state index contributed by atoms with van der Waals surface area (Å²) in [7, 11) is 0. The Morgan fingerprint density at radius 1 is 0.667 bits per heavy atom. The third kappa shape index (κ3) is 4.05. The summed E-state index contributed by atoms with van der Waals surface area (Å²) in [6, 6.07) is 16.6. The van der Waals surface area contributed by atoms with Gasteiger partial charge in [-0.3, -0.25) is 9.97 Å². The molecule has 0 unspecified atom stereocenters. The van der Waals surface area contributed by atoms with Crippen molar-refractivity contribution in [2.75, 3.05) is 0 Å². The van der Waals surface area contributed by atoms with Crippen LogP contribution < -0.4 is 0 Å². The standard InChI is InChI=1S/C22H20N2/c1-17(21-5-3-11-23-15-21)13-19-7-9-20(10-8-19)14-18(2)22-6-4-12-24-16-22/h3-16H,1-2H3/b17-13-,18-14-. The average molecular weight is 312 g/mol. The van der Waals surface area contributed by atoms with E-state index in [9.17, 15) is 0 Å². The monoisotopic (exact) mass is 312 g/mol. The second kappa shape index (κ2) is 7.51. The molecule has 0 saturated carbocycles. The topological polar surface area (TPSA) is 25.8 Å². The lowest BCUT2D eigenvalue weighted by molar-refractivity contribution is 1.31. The van der Waals surface area contributed by atoms with Gasteiger partial charge in [0, 0.05) is 24.8 Å². The summed E-state index contributed by atoms with van der Waals surface area (Å²) in [5.41, 5.74) is 7.08. The largest absolute Gasteiger partial charge is 0.264 e. The lowest BCUT2D eigenvalue weighted by Crippen LogP contribution is -1.83. The highest BCUT2D eigenvalue weighted by atomic mass is 14.6. The third-order valence-corrected chi connectivity index (χ3v) is 3.94. The van der Waals surface area contributed by atoms with Gasteiger partial charge in [-0.25, -0.2) is 0 Å². The number of pyridine rings is 2. The van der Waals surface area contributed by atoms with Crippen LogP contribution in [0.5, 0.6) is 0 Å². The Hall–Kier alpha value is -3.00. The maximum absolute atomic E-state index is 4.17. The molecule has 0 fully saturated rings. The highest BCUT2D eigenvalue weighted by Crippen LogP contribution is 2.19. The second-order valence-corrected chi connectivity index (χ2v) is 5.80. The zero-order chi connectivity index (χ0) is 16.8. The van der Waals surface area contributed by atoms with Crippen LogP contribution in [0, 0.1) is 0 Å². The van der Waals surface area contributed by atoms with Crippen LogP contribution in [0.2, 0.25) is 0 Å². The predicted molar refractivity (Wildman–Crippen MR) is 102 cm³/mol. The molecule has 0 N–H and O–H groups in total. The normalized spacial score (nSPS) is 12.2. The van der Waals surface area contributed by atoms with Crippen molar-refractivity contribution in [2.45, 2.75) is 13.8 Å². The summed E-state index contributed by atoms with van der Waals surface area (Å²) in [6.07, 6.45) is 11.7. The van der Waals surface area contributed by atoms with Crippen molar-refractivity contribution < 1.29 is 0 Å². The van der Waals surface area contributed by atoms with Crippen molar-refractivity contribution in [3.8, 4) is 0 Å². The Kier molecular flexibility index (Phi) is 4.97. The lowest BCUT2D eigenvalue weighted by Gasteiger charge is -2.03. The minimum Gasteiger partial charge on any atom is -0.264 e. The molecule has 0 saturated heterocycles. The molecule has 24 heavy (non-hydrogen) atoms. The minimum atomic E-state index is 1.15. The number of allylic oxidation sites excluding steroid dienone is 2. The Labute approximate surface area is 143 Å². The van der Waals surface area contributed by atoms with Crippen LogP contribution in [0.25, 0.3) is 23.3 Å². The summed E-state index contributed by atoms with van der Waals surface area (Å²) >= 11 is 0. The summed E-state index contributed by atoms with van der Waals surface area (Å²) in [5, 5.41) is 0. The number of nitrogens with zero attached hydrogens (tertiary/aromatic N) is 2. The van der Waals surface area contributed by atoms with Crippen molar-refractivity contribution >= 4 is 23.3 Å². The predicted octanol–water partition coefficient (Wildman–Crippen LogP) is 5.60. The fourth-order valence-electron chi connectivity index (χ4n) is 2.55. The SMILES string of the molecule is C/C(=C/c1ccc(/C=C(/C)c2cccnc2)cc1)c1cccnc1. The highest BCUT2D eigenvalue weighted by molar-refractivity contribution is 5.82. The molecule has 0 bridgehead atoms. The molecular formula is C22H20N2. The molecule has 0 aliphatic heterocycles. The molecule has 0 radical (unpaired) electrons. The maximum Gasteiger partial charge on any atom is 0.0342 e. The molecule has 2 aromatic heterocycles. The summed E-state index contributed by atoms with van der Waals surface area (Å²) in [6.45, 7) is 4.22. The highest BCUT2D eigenvalue weighted by Gasteiger charge is 1.98. The molecule has 0 atom stereocenters. The first-order valence-electron chi connectivity index (χ1n) is 8.00. The van der Waals surface area contributed by atoms with E-state index in [0.29, 0.717) is 0 Å². The van der Waals surface area contributed by atoms with E-state index < -0.39 is 0 Å². The zero-order valence-corrected chi connectivity index (χ0v) is 14.0. The van der Waals surface area contributed by atoms with Gasteiger partial charge in [0.05, 0.1) is 0 Å². The van der Waals surface area contributed by atoms with E-state index in [1.807, 2.05) is 24.5 Å².